The summed E-state index contributed by atoms with van der Waals surface area (Å²) in [5, 5.41) is 0. The van der Waals surface area contributed by atoms with E-state index in [0.717, 1.165) is 16.7 Å². The van der Waals surface area contributed by atoms with Gasteiger partial charge in [-0.3, -0.25) is 0 Å². The largest absolute Gasteiger partial charge is 2.00 e. The van der Waals surface area contributed by atoms with Gasteiger partial charge in [-0.2, -0.15) is 12.0 Å². The fraction of sp³-hybridized carbons (Fsp3) is 0.0357. The van der Waals surface area contributed by atoms with Gasteiger partial charge in [0.2, 0.25) is 0 Å². The average Bonchev–Trinajstić information content (AvgIpc) is 3.52. The number of benzene rings is 2. The Morgan fingerprint density at radius 2 is 1.07 bits per heavy atom. The van der Waals surface area contributed by atoms with E-state index in [0.29, 0.717) is 6.42 Å². The molecule has 0 N–H and O–H groups in total. The molecule has 0 unspecified atom stereocenters. The molecular formula is C28H24Zr. The molecule has 1 heteroatoms. The summed E-state index contributed by atoms with van der Waals surface area (Å²) in [6.45, 7) is 3.92. The summed E-state index contributed by atoms with van der Waals surface area (Å²) < 4.78 is 0. The fourth-order valence-electron chi connectivity index (χ4n) is 2.26. The van der Waals surface area contributed by atoms with Gasteiger partial charge in [-0.25, -0.2) is 11.8 Å². The molecule has 29 heavy (non-hydrogen) atoms. The summed E-state index contributed by atoms with van der Waals surface area (Å²) >= 11 is 0. The van der Waals surface area contributed by atoms with Gasteiger partial charge < -0.3 is 6.92 Å². The topological polar surface area (TPSA) is 0 Å². The fourth-order valence-corrected chi connectivity index (χ4v) is 2.26. The van der Waals surface area contributed by atoms with Crippen LogP contribution in [0.3, 0.4) is 0 Å². The van der Waals surface area contributed by atoms with Crippen molar-refractivity contribution in [3.8, 4) is 11.8 Å². The van der Waals surface area contributed by atoms with Crippen LogP contribution in [0.4, 0.5) is 0 Å². The van der Waals surface area contributed by atoms with Crippen LogP contribution in [0.15, 0.2) is 60.7 Å². The quantitative estimate of drug-likeness (QED) is 0.377. The zero-order valence-corrected chi connectivity index (χ0v) is 18.9. The van der Waals surface area contributed by atoms with Gasteiger partial charge in [-0.05, 0) is 69.8 Å². The second-order valence-electron chi connectivity index (χ2n) is 5.76. The van der Waals surface area contributed by atoms with Gasteiger partial charge in [0.1, 0.15) is 0 Å². The molecule has 0 atom stereocenters. The van der Waals surface area contributed by atoms with Crippen LogP contribution in [0.25, 0.3) is 5.57 Å². The van der Waals surface area contributed by atoms with Crippen molar-refractivity contribution in [2.75, 3.05) is 0 Å². The van der Waals surface area contributed by atoms with Crippen molar-refractivity contribution in [3.05, 3.63) is 149 Å². The molecule has 10 radical (unpaired) electrons. The number of allylic oxidation sites excluding steroid dienone is 2. The Balaban J connectivity index is 0.000000311. The van der Waals surface area contributed by atoms with Gasteiger partial charge in [0.15, 0.2) is 0 Å². The van der Waals surface area contributed by atoms with E-state index >= 15 is 0 Å². The SMILES string of the molecule is [CH2-]CC(=[C-]C#Cc1ccccc1)c1ccccc1.[CH]1[CH][CH][CH][CH]1.[CH]1[CH][CH][CH][CH]1.[Zr+2]. The number of hydrogen-bond acceptors (Lipinski definition) is 0. The predicted molar refractivity (Wildman–Crippen MR) is 119 cm³/mol. The Hall–Kier alpha value is -1.38. The molecular weight excluding hydrogens is 428 g/mol. The molecule has 4 rings (SSSR count). The monoisotopic (exact) mass is 450 g/mol. The van der Waals surface area contributed by atoms with Gasteiger partial charge >= 0.3 is 26.2 Å². The molecule has 0 spiro atoms. The molecule has 140 valence electrons. The Morgan fingerprint density at radius 3 is 1.48 bits per heavy atom. The van der Waals surface area contributed by atoms with E-state index in [1.54, 1.807) is 0 Å². The maximum Gasteiger partial charge on any atom is 2.00 e. The second-order valence-corrected chi connectivity index (χ2v) is 5.76. The first-order valence-electron chi connectivity index (χ1n) is 9.26. The summed E-state index contributed by atoms with van der Waals surface area (Å²) in [5.74, 6) is 6.04. The van der Waals surface area contributed by atoms with Crippen LogP contribution in [0, 0.1) is 89.0 Å². The molecule has 2 aliphatic carbocycles. The van der Waals surface area contributed by atoms with Crippen LogP contribution in [0.1, 0.15) is 17.5 Å². The van der Waals surface area contributed by atoms with Gasteiger partial charge in [0.25, 0.3) is 0 Å². The van der Waals surface area contributed by atoms with Crippen LogP contribution in [-0.4, -0.2) is 0 Å². The van der Waals surface area contributed by atoms with Crippen LogP contribution in [0.2, 0.25) is 0 Å². The summed E-state index contributed by atoms with van der Waals surface area (Å²) in [4.78, 5) is 0. The van der Waals surface area contributed by atoms with E-state index < -0.39 is 0 Å². The summed E-state index contributed by atoms with van der Waals surface area (Å²) in [6, 6.07) is 20.0. The minimum absolute atomic E-state index is 0. The Labute approximate surface area is 198 Å². The van der Waals surface area contributed by atoms with Gasteiger partial charge in [0, 0.05) is 0 Å². The molecule has 0 amide bonds. The first kappa shape index (κ1) is 25.7. The van der Waals surface area contributed by atoms with E-state index in [4.69, 9.17) is 0 Å². The standard InChI is InChI=1S/C18H14.2C5H5.Zr/c1-2-17(18-13-7-4-8-14-18)15-9-12-16-10-5-3-6-11-16;2*1-2-4-5-3-1;/h3-8,10-11,13-14H,1-2H2;2*1-5H;/q-2;;;+2. The van der Waals surface area contributed by atoms with Crippen molar-refractivity contribution in [1.82, 2.24) is 0 Å². The molecule has 0 saturated heterocycles. The van der Waals surface area contributed by atoms with Crippen LogP contribution >= 0.6 is 0 Å². The predicted octanol–water partition coefficient (Wildman–Crippen LogP) is 6.19. The minimum Gasteiger partial charge on any atom is -0.341 e. The average molecular weight is 452 g/mol. The van der Waals surface area contributed by atoms with Crippen molar-refractivity contribution in [2.45, 2.75) is 6.42 Å². The van der Waals surface area contributed by atoms with E-state index in [1.165, 1.54) is 0 Å². The molecule has 0 bridgehead atoms. The molecule has 2 aliphatic rings. The van der Waals surface area contributed by atoms with Crippen LogP contribution < -0.4 is 0 Å². The molecule has 0 aliphatic heterocycles. The maximum atomic E-state index is 3.92. The third-order valence-electron chi connectivity index (χ3n) is 3.68. The van der Waals surface area contributed by atoms with Crippen molar-refractivity contribution in [2.24, 2.45) is 0 Å². The van der Waals surface area contributed by atoms with Crippen molar-refractivity contribution >= 4 is 5.57 Å². The van der Waals surface area contributed by atoms with Gasteiger partial charge in [-0.1, -0.05) is 48.5 Å². The van der Waals surface area contributed by atoms with E-state index in [-0.39, 0.29) is 26.2 Å². The first-order chi connectivity index (χ1) is 13.9. The molecule has 0 heterocycles. The summed E-state index contributed by atoms with van der Waals surface area (Å²) in [6.07, 6.45) is 23.8. The molecule has 2 fully saturated rings. The Bertz CT molecular complexity index is 686. The first-order valence-corrected chi connectivity index (χ1v) is 9.26. The molecule has 0 nitrogen and oxygen atoms in total. The third kappa shape index (κ3) is 12.0. The summed E-state index contributed by atoms with van der Waals surface area (Å²) in [7, 11) is 0. The molecule has 0 aromatic heterocycles. The maximum absolute atomic E-state index is 3.92. The van der Waals surface area contributed by atoms with Crippen molar-refractivity contribution in [1.29, 1.82) is 0 Å². The Kier molecular flexibility index (Phi) is 15.5. The van der Waals surface area contributed by atoms with Gasteiger partial charge in [-0.15, -0.1) is 23.8 Å². The van der Waals surface area contributed by atoms with Crippen LogP contribution in [-0.2, 0) is 26.2 Å². The number of rotatable bonds is 2. The zero-order valence-electron chi connectivity index (χ0n) is 16.5. The zero-order chi connectivity index (χ0) is 19.7. The molecule has 2 aromatic rings. The Morgan fingerprint density at radius 1 is 0.655 bits per heavy atom. The second kappa shape index (κ2) is 17.5. The number of hydrogen-bond donors (Lipinski definition) is 0. The van der Waals surface area contributed by atoms with Gasteiger partial charge in [0.05, 0.1) is 0 Å². The molecule has 2 saturated carbocycles. The van der Waals surface area contributed by atoms with E-state index in [1.807, 2.05) is 113 Å². The smallest absolute Gasteiger partial charge is 0.341 e. The molecule has 2 aromatic carbocycles. The van der Waals surface area contributed by atoms with E-state index in [9.17, 15) is 0 Å². The normalized spacial score (nSPS) is 14.9. The van der Waals surface area contributed by atoms with Crippen molar-refractivity contribution < 1.29 is 26.2 Å². The van der Waals surface area contributed by atoms with Crippen LogP contribution in [0.5, 0.6) is 0 Å². The van der Waals surface area contributed by atoms with E-state index in [2.05, 4.69) is 37.0 Å². The van der Waals surface area contributed by atoms with Crippen molar-refractivity contribution in [3.63, 3.8) is 0 Å². The summed E-state index contributed by atoms with van der Waals surface area (Å²) in [5.41, 5.74) is 3.18. The third-order valence-corrected chi connectivity index (χ3v) is 3.68. The minimum atomic E-state index is 0.